The summed E-state index contributed by atoms with van der Waals surface area (Å²) in [5, 5.41) is 11.7. The maximum Gasteiger partial charge on any atom is 0.0468 e. The van der Waals surface area contributed by atoms with Gasteiger partial charge in [0.2, 0.25) is 0 Å². The molecule has 0 bridgehead atoms. The molecule has 0 heterocycles. The van der Waals surface area contributed by atoms with Crippen molar-refractivity contribution >= 4 is 0 Å². The smallest absolute Gasteiger partial charge is 0.0468 e. The van der Waals surface area contributed by atoms with Gasteiger partial charge in [0.05, 0.1) is 0 Å². The molecule has 0 aromatic carbocycles. The average molecular weight is 117 g/mol. The lowest BCUT2D eigenvalue weighted by Crippen LogP contribution is -2.22. The maximum absolute atomic E-state index is 8.52. The van der Waals surface area contributed by atoms with Gasteiger partial charge >= 0.3 is 0 Å². The van der Waals surface area contributed by atoms with Crippen molar-refractivity contribution in [3.63, 3.8) is 0 Å². The van der Waals surface area contributed by atoms with Crippen LogP contribution in [-0.2, 0) is 0 Å². The largest absolute Gasteiger partial charge is 0.396 e. The van der Waals surface area contributed by atoms with Gasteiger partial charge in [0.1, 0.15) is 0 Å². The summed E-state index contributed by atoms with van der Waals surface area (Å²) in [6.07, 6.45) is 0. The highest BCUT2D eigenvalue weighted by molar-refractivity contribution is 4.51. The minimum atomic E-state index is 0.285. The molecule has 0 aliphatic heterocycles. The zero-order chi connectivity index (χ0) is 6.41. The summed E-state index contributed by atoms with van der Waals surface area (Å²) < 4.78 is 0. The van der Waals surface area contributed by atoms with Crippen molar-refractivity contribution < 1.29 is 5.11 Å². The molecule has 0 radical (unpaired) electrons. The predicted octanol–water partition coefficient (Wildman–Crippen LogP) is 0.224. The van der Waals surface area contributed by atoms with E-state index in [4.69, 9.17) is 5.11 Å². The molecule has 0 saturated heterocycles. The normalized spacial score (nSPS) is 13.9. The van der Waals surface area contributed by atoms with Crippen molar-refractivity contribution in [1.29, 1.82) is 0 Å². The topological polar surface area (TPSA) is 32.3 Å². The molecule has 8 heavy (non-hydrogen) atoms. The number of hydrogen-bond donors (Lipinski definition) is 2. The van der Waals surface area contributed by atoms with Crippen LogP contribution in [-0.4, -0.2) is 24.8 Å². The number of hydrogen-bond acceptors (Lipinski definition) is 2. The number of rotatable bonds is 4. The SMILES string of the molecule is CCNC[C@@H](C)CO. The summed E-state index contributed by atoms with van der Waals surface area (Å²) in [4.78, 5) is 0. The molecule has 0 saturated carbocycles. The Morgan fingerprint density at radius 1 is 1.62 bits per heavy atom. The molecule has 1 atom stereocenters. The fraction of sp³-hybridized carbons (Fsp3) is 1.00. The predicted molar refractivity (Wildman–Crippen MR) is 34.8 cm³/mol. The van der Waals surface area contributed by atoms with Gasteiger partial charge in [-0.3, -0.25) is 0 Å². The minimum absolute atomic E-state index is 0.285. The van der Waals surface area contributed by atoms with Crippen molar-refractivity contribution in [1.82, 2.24) is 5.32 Å². The quantitative estimate of drug-likeness (QED) is 0.552. The van der Waals surface area contributed by atoms with Gasteiger partial charge in [-0.05, 0) is 19.0 Å². The third-order valence-corrected chi connectivity index (χ3v) is 1.05. The van der Waals surface area contributed by atoms with Gasteiger partial charge in [0, 0.05) is 6.61 Å². The van der Waals surface area contributed by atoms with Gasteiger partial charge in [0.25, 0.3) is 0 Å². The van der Waals surface area contributed by atoms with Crippen LogP contribution in [0.4, 0.5) is 0 Å². The highest BCUT2D eigenvalue weighted by Crippen LogP contribution is 1.86. The highest BCUT2D eigenvalue weighted by Gasteiger charge is 1.94. The standard InChI is InChI=1S/C6H15NO/c1-3-7-4-6(2)5-8/h6-8H,3-5H2,1-2H3/t6-/m1/s1. The first kappa shape index (κ1) is 7.92. The van der Waals surface area contributed by atoms with E-state index in [0.717, 1.165) is 13.1 Å². The zero-order valence-corrected chi connectivity index (χ0v) is 5.65. The molecule has 0 rings (SSSR count). The lowest BCUT2D eigenvalue weighted by atomic mass is 10.2. The molecule has 2 nitrogen and oxygen atoms in total. The minimum Gasteiger partial charge on any atom is -0.396 e. The molecule has 0 unspecified atom stereocenters. The molecule has 0 aliphatic rings. The fourth-order valence-corrected chi connectivity index (χ4v) is 0.455. The van der Waals surface area contributed by atoms with Crippen LogP contribution in [0.15, 0.2) is 0 Å². The molecule has 0 aliphatic carbocycles. The lowest BCUT2D eigenvalue weighted by Gasteiger charge is -2.05. The van der Waals surface area contributed by atoms with Crippen molar-refractivity contribution in [3.8, 4) is 0 Å². The van der Waals surface area contributed by atoms with Gasteiger partial charge in [-0.1, -0.05) is 13.8 Å². The Balaban J connectivity index is 2.86. The van der Waals surface area contributed by atoms with E-state index in [1.807, 2.05) is 6.92 Å². The molecule has 2 N–H and O–H groups in total. The van der Waals surface area contributed by atoms with E-state index in [1.165, 1.54) is 0 Å². The van der Waals surface area contributed by atoms with Crippen molar-refractivity contribution in [2.75, 3.05) is 19.7 Å². The second-order valence-electron chi connectivity index (χ2n) is 2.10. The first-order valence-corrected chi connectivity index (χ1v) is 3.12. The Kier molecular flexibility index (Phi) is 5.01. The fourth-order valence-electron chi connectivity index (χ4n) is 0.455. The summed E-state index contributed by atoms with van der Waals surface area (Å²) in [7, 11) is 0. The van der Waals surface area contributed by atoms with E-state index in [9.17, 15) is 0 Å². The van der Waals surface area contributed by atoms with Crippen molar-refractivity contribution in [2.45, 2.75) is 13.8 Å². The van der Waals surface area contributed by atoms with Crippen LogP contribution in [0, 0.1) is 5.92 Å². The molecule has 0 aromatic rings. The Morgan fingerprint density at radius 2 is 2.25 bits per heavy atom. The van der Waals surface area contributed by atoms with Crippen LogP contribution in [0.2, 0.25) is 0 Å². The van der Waals surface area contributed by atoms with Crippen LogP contribution in [0.25, 0.3) is 0 Å². The monoisotopic (exact) mass is 117 g/mol. The second kappa shape index (κ2) is 5.06. The molecule has 50 valence electrons. The number of aliphatic hydroxyl groups excluding tert-OH is 1. The summed E-state index contributed by atoms with van der Waals surface area (Å²) >= 11 is 0. The van der Waals surface area contributed by atoms with E-state index in [2.05, 4.69) is 12.2 Å². The van der Waals surface area contributed by atoms with Crippen LogP contribution < -0.4 is 5.32 Å². The third-order valence-electron chi connectivity index (χ3n) is 1.05. The molecular formula is C6H15NO. The number of nitrogens with one attached hydrogen (secondary N) is 1. The van der Waals surface area contributed by atoms with E-state index in [0.29, 0.717) is 5.92 Å². The molecule has 0 spiro atoms. The Labute approximate surface area is 50.9 Å². The van der Waals surface area contributed by atoms with E-state index >= 15 is 0 Å². The first-order valence-electron chi connectivity index (χ1n) is 3.12. The summed E-state index contributed by atoms with van der Waals surface area (Å²) in [5.41, 5.74) is 0. The maximum atomic E-state index is 8.52. The zero-order valence-electron chi connectivity index (χ0n) is 5.65. The molecular weight excluding hydrogens is 102 g/mol. The summed E-state index contributed by atoms with van der Waals surface area (Å²) in [6, 6.07) is 0. The van der Waals surface area contributed by atoms with E-state index in [1.54, 1.807) is 0 Å². The lowest BCUT2D eigenvalue weighted by molar-refractivity contribution is 0.234. The highest BCUT2D eigenvalue weighted by atomic mass is 16.3. The average Bonchev–Trinajstić information content (AvgIpc) is 1.83. The van der Waals surface area contributed by atoms with Gasteiger partial charge in [-0.15, -0.1) is 0 Å². The molecule has 2 heteroatoms. The van der Waals surface area contributed by atoms with Crippen molar-refractivity contribution in [2.24, 2.45) is 5.92 Å². The Hall–Kier alpha value is -0.0800. The summed E-state index contributed by atoms with van der Waals surface area (Å²) in [6.45, 7) is 6.27. The van der Waals surface area contributed by atoms with Gasteiger partial charge in [-0.25, -0.2) is 0 Å². The van der Waals surface area contributed by atoms with Crippen LogP contribution >= 0.6 is 0 Å². The molecule has 0 amide bonds. The Bertz CT molecular complexity index is 47.8. The molecule has 0 fully saturated rings. The Morgan fingerprint density at radius 3 is 2.62 bits per heavy atom. The van der Waals surface area contributed by atoms with Gasteiger partial charge in [-0.2, -0.15) is 0 Å². The van der Waals surface area contributed by atoms with Crippen LogP contribution in [0.3, 0.4) is 0 Å². The van der Waals surface area contributed by atoms with Gasteiger partial charge in [0.15, 0.2) is 0 Å². The summed E-state index contributed by atoms with van der Waals surface area (Å²) in [5.74, 6) is 0.398. The first-order chi connectivity index (χ1) is 3.81. The van der Waals surface area contributed by atoms with E-state index in [-0.39, 0.29) is 6.61 Å². The van der Waals surface area contributed by atoms with E-state index < -0.39 is 0 Å². The van der Waals surface area contributed by atoms with Crippen LogP contribution in [0.5, 0.6) is 0 Å². The molecule has 0 aromatic heterocycles. The third kappa shape index (κ3) is 4.09. The van der Waals surface area contributed by atoms with Crippen LogP contribution in [0.1, 0.15) is 13.8 Å². The second-order valence-corrected chi connectivity index (χ2v) is 2.10. The van der Waals surface area contributed by atoms with Crippen molar-refractivity contribution in [3.05, 3.63) is 0 Å². The number of aliphatic hydroxyl groups is 1. The van der Waals surface area contributed by atoms with Gasteiger partial charge < -0.3 is 10.4 Å².